The first-order valence-corrected chi connectivity index (χ1v) is 6.35. The summed E-state index contributed by atoms with van der Waals surface area (Å²) in [6.45, 7) is 9.38. The Morgan fingerprint density at radius 3 is 2.11 bits per heavy atom. The fraction of sp³-hybridized carbons (Fsp3) is 0.846. The van der Waals surface area contributed by atoms with E-state index in [1.54, 1.807) is 6.92 Å². The number of carbonyl (C=O) groups excluding carboxylic acids is 2. The van der Waals surface area contributed by atoms with E-state index in [1.807, 2.05) is 27.7 Å². The van der Waals surface area contributed by atoms with Crippen LogP contribution in [0.4, 0.5) is 0 Å². The monoisotopic (exact) mass is 258 g/mol. The third kappa shape index (κ3) is 6.00. The van der Waals surface area contributed by atoms with E-state index in [0.717, 1.165) is 0 Å². The molecule has 0 aliphatic heterocycles. The van der Waals surface area contributed by atoms with Crippen molar-refractivity contribution in [2.24, 2.45) is 5.41 Å². The van der Waals surface area contributed by atoms with Gasteiger partial charge in [0.2, 0.25) is 11.8 Å². The molecule has 0 saturated carbocycles. The van der Waals surface area contributed by atoms with Gasteiger partial charge in [0, 0.05) is 18.4 Å². The fourth-order valence-corrected chi connectivity index (χ4v) is 1.19. The Labute approximate surface area is 109 Å². The first-order valence-electron chi connectivity index (χ1n) is 6.35. The van der Waals surface area contributed by atoms with Gasteiger partial charge in [0.05, 0.1) is 12.1 Å². The maximum atomic E-state index is 11.6. The van der Waals surface area contributed by atoms with Crippen LogP contribution in [0.3, 0.4) is 0 Å². The van der Waals surface area contributed by atoms with Crippen LogP contribution in [0, 0.1) is 5.41 Å². The summed E-state index contributed by atoms with van der Waals surface area (Å²) < 4.78 is 0. The van der Waals surface area contributed by atoms with Crippen LogP contribution in [0.2, 0.25) is 0 Å². The van der Waals surface area contributed by atoms with Crippen LogP contribution in [0.5, 0.6) is 0 Å². The molecule has 0 radical (unpaired) electrons. The second-order valence-corrected chi connectivity index (χ2v) is 5.88. The Balaban J connectivity index is 4.03. The van der Waals surface area contributed by atoms with Gasteiger partial charge >= 0.3 is 0 Å². The van der Waals surface area contributed by atoms with E-state index in [4.69, 9.17) is 0 Å². The molecule has 2 amide bonds. The van der Waals surface area contributed by atoms with Crippen molar-refractivity contribution in [2.75, 3.05) is 13.2 Å². The quantitative estimate of drug-likeness (QED) is 0.660. The molecule has 106 valence electrons. The molecule has 3 N–H and O–H groups in total. The van der Waals surface area contributed by atoms with E-state index in [1.165, 1.54) is 0 Å². The molecule has 0 rings (SSSR count). The van der Waals surface area contributed by atoms with E-state index in [9.17, 15) is 14.7 Å². The minimum Gasteiger partial charge on any atom is -0.394 e. The maximum Gasteiger partial charge on any atom is 0.225 e. The van der Waals surface area contributed by atoms with E-state index in [2.05, 4.69) is 10.6 Å². The standard InChI is InChI=1S/C13H26N2O3/c1-6-13(5,9-16)15-10(17)7-8-14-11(18)12(2,3)4/h16H,6-9H2,1-5H3,(H,14,18)(H,15,17). The molecule has 1 unspecified atom stereocenters. The number of rotatable bonds is 6. The zero-order chi connectivity index (χ0) is 14.4. The van der Waals surface area contributed by atoms with Gasteiger partial charge < -0.3 is 15.7 Å². The lowest BCUT2D eigenvalue weighted by molar-refractivity contribution is -0.128. The van der Waals surface area contributed by atoms with Crippen molar-refractivity contribution in [3.63, 3.8) is 0 Å². The molecule has 0 aromatic carbocycles. The van der Waals surface area contributed by atoms with Crippen molar-refractivity contribution >= 4 is 11.8 Å². The predicted molar refractivity (Wildman–Crippen MR) is 71.0 cm³/mol. The van der Waals surface area contributed by atoms with Gasteiger partial charge in [-0.15, -0.1) is 0 Å². The van der Waals surface area contributed by atoms with Crippen LogP contribution in [-0.4, -0.2) is 35.6 Å². The van der Waals surface area contributed by atoms with Crippen LogP contribution < -0.4 is 10.6 Å². The topological polar surface area (TPSA) is 78.4 Å². The summed E-state index contributed by atoms with van der Waals surface area (Å²) >= 11 is 0. The molecular formula is C13H26N2O3. The molecule has 0 fully saturated rings. The highest BCUT2D eigenvalue weighted by Gasteiger charge is 2.24. The third-order valence-electron chi connectivity index (χ3n) is 2.89. The molecule has 18 heavy (non-hydrogen) atoms. The lowest BCUT2D eigenvalue weighted by Crippen LogP contribution is -2.49. The van der Waals surface area contributed by atoms with Crippen molar-refractivity contribution in [1.82, 2.24) is 10.6 Å². The number of nitrogens with one attached hydrogen (secondary N) is 2. The SMILES string of the molecule is CCC(C)(CO)NC(=O)CCNC(=O)C(C)(C)C. The molecule has 0 aromatic heterocycles. The van der Waals surface area contributed by atoms with Crippen molar-refractivity contribution in [1.29, 1.82) is 0 Å². The molecule has 0 bridgehead atoms. The second kappa shape index (κ2) is 6.73. The fourth-order valence-electron chi connectivity index (χ4n) is 1.19. The Morgan fingerprint density at radius 1 is 1.17 bits per heavy atom. The van der Waals surface area contributed by atoms with Crippen LogP contribution in [0.25, 0.3) is 0 Å². The van der Waals surface area contributed by atoms with E-state index in [0.29, 0.717) is 13.0 Å². The summed E-state index contributed by atoms with van der Waals surface area (Å²) in [4.78, 5) is 23.2. The van der Waals surface area contributed by atoms with Gasteiger partial charge in [0.25, 0.3) is 0 Å². The molecule has 0 aliphatic carbocycles. The first kappa shape index (κ1) is 16.9. The van der Waals surface area contributed by atoms with Crippen LogP contribution in [0.15, 0.2) is 0 Å². The van der Waals surface area contributed by atoms with Gasteiger partial charge in [0.15, 0.2) is 0 Å². The van der Waals surface area contributed by atoms with Crippen molar-refractivity contribution < 1.29 is 14.7 Å². The van der Waals surface area contributed by atoms with E-state index in [-0.39, 0.29) is 24.8 Å². The van der Waals surface area contributed by atoms with Gasteiger partial charge in [-0.3, -0.25) is 9.59 Å². The Morgan fingerprint density at radius 2 is 1.72 bits per heavy atom. The van der Waals surface area contributed by atoms with Gasteiger partial charge in [0.1, 0.15) is 0 Å². The molecule has 0 saturated heterocycles. The zero-order valence-corrected chi connectivity index (χ0v) is 12.1. The smallest absolute Gasteiger partial charge is 0.225 e. The molecule has 0 aliphatic rings. The van der Waals surface area contributed by atoms with Crippen molar-refractivity contribution in [3.8, 4) is 0 Å². The normalized spacial score (nSPS) is 14.8. The molecule has 5 nitrogen and oxygen atoms in total. The van der Waals surface area contributed by atoms with Gasteiger partial charge in [-0.05, 0) is 13.3 Å². The van der Waals surface area contributed by atoms with Crippen LogP contribution in [0.1, 0.15) is 47.5 Å². The minimum atomic E-state index is -0.578. The van der Waals surface area contributed by atoms with Gasteiger partial charge in [-0.1, -0.05) is 27.7 Å². The highest BCUT2D eigenvalue weighted by molar-refractivity contribution is 5.82. The summed E-state index contributed by atoms with van der Waals surface area (Å²) in [6, 6.07) is 0. The Kier molecular flexibility index (Phi) is 6.32. The summed E-state index contributed by atoms with van der Waals surface area (Å²) in [5, 5.41) is 14.6. The Bertz CT molecular complexity index is 291. The molecular weight excluding hydrogens is 232 g/mol. The molecule has 5 heteroatoms. The molecule has 0 spiro atoms. The van der Waals surface area contributed by atoms with Crippen molar-refractivity contribution in [3.05, 3.63) is 0 Å². The largest absolute Gasteiger partial charge is 0.394 e. The number of amides is 2. The maximum absolute atomic E-state index is 11.6. The molecule has 0 aromatic rings. The lowest BCUT2D eigenvalue weighted by atomic mass is 9.96. The number of carbonyl (C=O) groups is 2. The third-order valence-corrected chi connectivity index (χ3v) is 2.89. The van der Waals surface area contributed by atoms with Crippen LogP contribution in [-0.2, 0) is 9.59 Å². The number of aliphatic hydroxyl groups excluding tert-OH is 1. The molecule has 0 heterocycles. The predicted octanol–water partition coefficient (Wildman–Crippen LogP) is 0.816. The second-order valence-electron chi connectivity index (χ2n) is 5.88. The van der Waals surface area contributed by atoms with Crippen molar-refractivity contribution in [2.45, 2.75) is 53.0 Å². The minimum absolute atomic E-state index is 0.0734. The highest BCUT2D eigenvalue weighted by atomic mass is 16.3. The zero-order valence-electron chi connectivity index (χ0n) is 12.1. The summed E-state index contributed by atoms with van der Waals surface area (Å²) in [5.74, 6) is -0.238. The average Bonchev–Trinajstić information content (AvgIpc) is 2.27. The summed E-state index contributed by atoms with van der Waals surface area (Å²) in [5.41, 5.74) is -1.02. The van der Waals surface area contributed by atoms with Crippen LogP contribution >= 0.6 is 0 Å². The van der Waals surface area contributed by atoms with Gasteiger partial charge in [-0.25, -0.2) is 0 Å². The summed E-state index contributed by atoms with van der Waals surface area (Å²) in [7, 11) is 0. The average molecular weight is 258 g/mol. The number of hydrogen-bond acceptors (Lipinski definition) is 3. The van der Waals surface area contributed by atoms with Gasteiger partial charge in [-0.2, -0.15) is 0 Å². The lowest BCUT2D eigenvalue weighted by Gasteiger charge is -2.27. The molecule has 1 atom stereocenters. The first-order chi connectivity index (χ1) is 8.14. The Hall–Kier alpha value is -1.10. The summed E-state index contributed by atoms with van der Waals surface area (Å²) in [6.07, 6.45) is 0.876. The number of aliphatic hydroxyl groups is 1. The van der Waals surface area contributed by atoms with E-state index >= 15 is 0 Å². The van der Waals surface area contributed by atoms with E-state index < -0.39 is 11.0 Å². The highest BCUT2D eigenvalue weighted by Crippen LogP contribution is 2.12. The number of hydrogen-bond donors (Lipinski definition) is 3.